The summed E-state index contributed by atoms with van der Waals surface area (Å²) in [5.41, 5.74) is 0.291. The lowest BCUT2D eigenvalue weighted by molar-refractivity contribution is -0.132. The number of aliphatic carboxylic acids is 1. The molecule has 5 nitrogen and oxygen atoms in total. The molecule has 0 amide bonds. The summed E-state index contributed by atoms with van der Waals surface area (Å²) in [5.74, 6) is -0.681. The molecule has 1 N–H and O–H groups in total. The molecule has 0 saturated heterocycles. The van der Waals surface area contributed by atoms with Gasteiger partial charge < -0.3 is 14.7 Å². The van der Waals surface area contributed by atoms with E-state index in [1.165, 1.54) is 6.08 Å². The Bertz CT molecular complexity index is 788. The molecule has 0 aliphatic carbocycles. The predicted molar refractivity (Wildman–Crippen MR) is 89.2 cm³/mol. The molecule has 0 aliphatic rings. The molecule has 0 atom stereocenters. The average Bonchev–Trinajstić information content (AvgIpc) is 2.52. The fraction of sp³-hybridized carbons (Fsp3) is 0.222. The number of hydrogen-bond donors (Lipinski definition) is 1. The van der Waals surface area contributed by atoms with Gasteiger partial charge in [0.2, 0.25) is 0 Å². The van der Waals surface area contributed by atoms with Crippen LogP contribution in [0.4, 0.5) is 0 Å². The largest absolute Gasteiger partial charge is 0.492 e. The van der Waals surface area contributed by atoms with Gasteiger partial charge in [-0.05, 0) is 37.0 Å². The highest BCUT2D eigenvalue weighted by molar-refractivity contribution is 6.01. The third-order valence-electron chi connectivity index (χ3n) is 3.37. The standard InChI is InChI=1S/C18H18N2O3/c1-20(2)9-10-23-17-8-7-13-5-3-4-6-15(13)16(17)11-14(12-19)18(21)22/h3-8,11H,9-10H2,1-2H3,(H,21,22)/b14-11-. The summed E-state index contributed by atoms with van der Waals surface area (Å²) in [6.45, 7) is 1.21. The van der Waals surface area contributed by atoms with Crippen LogP contribution >= 0.6 is 0 Å². The van der Waals surface area contributed by atoms with E-state index in [1.807, 2.05) is 49.3 Å². The lowest BCUT2D eigenvalue weighted by Crippen LogP contribution is -2.19. The molecule has 0 aliphatic heterocycles. The number of likely N-dealkylation sites (N-methyl/N-ethyl adjacent to an activating group) is 1. The second-order valence-electron chi connectivity index (χ2n) is 5.33. The second-order valence-corrected chi connectivity index (χ2v) is 5.33. The van der Waals surface area contributed by atoms with Gasteiger partial charge in [-0.25, -0.2) is 4.79 Å². The SMILES string of the molecule is CN(C)CCOc1ccc2ccccc2c1/C=C(/C#N)C(=O)O. The maximum Gasteiger partial charge on any atom is 0.346 e. The Morgan fingerprint density at radius 3 is 2.70 bits per heavy atom. The van der Waals surface area contributed by atoms with Crippen LogP contribution in [0, 0.1) is 11.3 Å². The minimum atomic E-state index is -1.25. The Labute approximate surface area is 135 Å². The maximum absolute atomic E-state index is 11.1. The Morgan fingerprint density at radius 2 is 2.04 bits per heavy atom. The maximum atomic E-state index is 11.1. The van der Waals surface area contributed by atoms with E-state index in [1.54, 1.807) is 12.1 Å². The van der Waals surface area contributed by atoms with Gasteiger partial charge in [0.05, 0.1) is 0 Å². The first-order valence-corrected chi connectivity index (χ1v) is 7.17. The monoisotopic (exact) mass is 310 g/mol. The number of carboxylic acids is 1. The minimum absolute atomic E-state index is 0.321. The molecule has 2 rings (SSSR count). The second kappa shape index (κ2) is 7.43. The molecule has 2 aromatic rings. The summed E-state index contributed by atoms with van der Waals surface area (Å²) in [6, 6.07) is 13.0. The van der Waals surface area contributed by atoms with E-state index in [0.29, 0.717) is 17.9 Å². The van der Waals surface area contributed by atoms with Gasteiger partial charge in [0.25, 0.3) is 0 Å². The van der Waals surface area contributed by atoms with Crippen molar-refractivity contribution in [3.63, 3.8) is 0 Å². The summed E-state index contributed by atoms with van der Waals surface area (Å²) in [6.07, 6.45) is 1.37. The number of carbonyl (C=O) groups is 1. The number of fused-ring (bicyclic) bond motifs is 1. The lowest BCUT2D eigenvalue weighted by Gasteiger charge is -2.14. The molecule has 23 heavy (non-hydrogen) atoms. The summed E-state index contributed by atoms with van der Waals surface area (Å²) in [7, 11) is 3.89. The van der Waals surface area contributed by atoms with Gasteiger partial charge in [0.15, 0.2) is 0 Å². The molecule has 0 bridgehead atoms. The fourth-order valence-corrected chi connectivity index (χ4v) is 2.17. The molecule has 0 heterocycles. The van der Waals surface area contributed by atoms with Crippen LogP contribution < -0.4 is 4.74 Å². The number of nitrogens with zero attached hydrogens (tertiary/aromatic N) is 2. The Balaban J connectivity index is 2.52. The van der Waals surface area contributed by atoms with Crippen LogP contribution in [-0.2, 0) is 4.79 Å². The van der Waals surface area contributed by atoms with E-state index in [0.717, 1.165) is 17.3 Å². The highest BCUT2D eigenvalue weighted by Crippen LogP contribution is 2.30. The van der Waals surface area contributed by atoms with Gasteiger partial charge in [0.1, 0.15) is 24.0 Å². The number of carboxylic acid groups (broad SMARTS) is 1. The summed E-state index contributed by atoms with van der Waals surface area (Å²) in [5, 5.41) is 19.9. The first kappa shape index (κ1) is 16.5. The van der Waals surface area contributed by atoms with Gasteiger partial charge in [-0.1, -0.05) is 30.3 Å². The third-order valence-corrected chi connectivity index (χ3v) is 3.37. The van der Waals surface area contributed by atoms with Crippen molar-refractivity contribution in [2.45, 2.75) is 0 Å². The molecule has 118 valence electrons. The number of hydrogen-bond acceptors (Lipinski definition) is 4. The molecule has 0 fully saturated rings. The van der Waals surface area contributed by atoms with E-state index in [-0.39, 0.29) is 5.57 Å². The van der Waals surface area contributed by atoms with Crippen LogP contribution in [-0.4, -0.2) is 43.2 Å². The van der Waals surface area contributed by atoms with Crippen LogP contribution in [0.5, 0.6) is 5.75 Å². The van der Waals surface area contributed by atoms with Crippen LogP contribution in [0.15, 0.2) is 42.0 Å². The summed E-state index contributed by atoms with van der Waals surface area (Å²) in [4.78, 5) is 13.1. The molecule has 0 radical (unpaired) electrons. The Kier molecular flexibility index (Phi) is 5.34. The quantitative estimate of drug-likeness (QED) is 0.656. The van der Waals surface area contributed by atoms with Crippen molar-refractivity contribution in [1.29, 1.82) is 5.26 Å². The molecule has 5 heteroatoms. The van der Waals surface area contributed by atoms with Crippen molar-refractivity contribution in [3.8, 4) is 11.8 Å². The summed E-state index contributed by atoms with van der Waals surface area (Å²) < 4.78 is 5.79. The Morgan fingerprint density at radius 1 is 1.30 bits per heavy atom. The molecular formula is C18H18N2O3. The predicted octanol–water partition coefficient (Wildman–Crippen LogP) is 2.77. The molecule has 0 unspecified atom stereocenters. The average molecular weight is 310 g/mol. The van der Waals surface area contributed by atoms with E-state index in [9.17, 15) is 4.79 Å². The van der Waals surface area contributed by atoms with Gasteiger partial charge >= 0.3 is 5.97 Å². The van der Waals surface area contributed by atoms with Crippen LogP contribution in [0.1, 0.15) is 5.56 Å². The first-order valence-electron chi connectivity index (χ1n) is 7.17. The highest BCUT2D eigenvalue weighted by Gasteiger charge is 2.12. The number of benzene rings is 2. The topological polar surface area (TPSA) is 73.6 Å². The van der Waals surface area contributed by atoms with Gasteiger partial charge in [-0.2, -0.15) is 5.26 Å². The van der Waals surface area contributed by atoms with Crippen molar-refractivity contribution in [3.05, 3.63) is 47.5 Å². The number of rotatable bonds is 6. The highest BCUT2D eigenvalue weighted by atomic mass is 16.5. The smallest absolute Gasteiger partial charge is 0.346 e. The fourth-order valence-electron chi connectivity index (χ4n) is 2.17. The Hall–Kier alpha value is -2.84. The number of nitriles is 1. The zero-order valence-electron chi connectivity index (χ0n) is 13.1. The van der Waals surface area contributed by atoms with Crippen molar-refractivity contribution < 1.29 is 14.6 Å². The molecule has 0 saturated carbocycles. The zero-order chi connectivity index (χ0) is 16.8. The van der Waals surface area contributed by atoms with E-state index in [4.69, 9.17) is 15.1 Å². The normalized spacial score (nSPS) is 11.5. The third kappa shape index (κ3) is 4.09. The van der Waals surface area contributed by atoms with Gasteiger partial charge in [-0.3, -0.25) is 0 Å². The lowest BCUT2D eigenvalue weighted by atomic mass is 10.0. The molecule has 0 spiro atoms. The number of ether oxygens (including phenoxy) is 1. The van der Waals surface area contributed by atoms with Crippen molar-refractivity contribution in [1.82, 2.24) is 4.90 Å². The summed E-state index contributed by atoms with van der Waals surface area (Å²) >= 11 is 0. The van der Waals surface area contributed by atoms with E-state index >= 15 is 0 Å². The van der Waals surface area contributed by atoms with Crippen molar-refractivity contribution in [2.24, 2.45) is 0 Å². The zero-order valence-corrected chi connectivity index (χ0v) is 13.1. The van der Waals surface area contributed by atoms with E-state index < -0.39 is 5.97 Å². The molecule has 2 aromatic carbocycles. The van der Waals surface area contributed by atoms with Crippen LogP contribution in [0.25, 0.3) is 16.8 Å². The van der Waals surface area contributed by atoms with Crippen LogP contribution in [0.2, 0.25) is 0 Å². The van der Waals surface area contributed by atoms with Crippen molar-refractivity contribution >= 4 is 22.8 Å². The molecule has 0 aromatic heterocycles. The van der Waals surface area contributed by atoms with Gasteiger partial charge in [0, 0.05) is 12.1 Å². The molecular weight excluding hydrogens is 292 g/mol. The van der Waals surface area contributed by atoms with Crippen LogP contribution in [0.3, 0.4) is 0 Å². The van der Waals surface area contributed by atoms with Crippen molar-refractivity contribution in [2.75, 3.05) is 27.2 Å². The van der Waals surface area contributed by atoms with E-state index in [2.05, 4.69) is 0 Å². The first-order chi connectivity index (χ1) is 11.0. The minimum Gasteiger partial charge on any atom is -0.492 e. The van der Waals surface area contributed by atoms with Gasteiger partial charge in [-0.15, -0.1) is 0 Å².